The van der Waals surface area contributed by atoms with Crippen molar-refractivity contribution in [2.75, 3.05) is 5.32 Å². The average molecular weight is 297 g/mol. The molecule has 1 aromatic carbocycles. The van der Waals surface area contributed by atoms with Gasteiger partial charge in [-0.3, -0.25) is 20.2 Å². The second-order valence-electron chi connectivity index (χ2n) is 4.41. The highest BCUT2D eigenvalue weighted by Gasteiger charge is 2.65. The van der Waals surface area contributed by atoms with E-state index in [0.29, 0.717) is 0 Å². The monoisotopic (exact) mass is 297 g/mol. The first-order valence-electron chi connectivity index (χ1n) is 6.20. The molecule has 1 rings (SSSR count). The molecule has 1 aromatic rings. The van der Waals surface area contributed by atoms with Crippen LogP contribution in [0.2, 0.25) is 0 Å². The van der Waals surface area contributed by atoms with Gasteiger partial charge in [0.25, 0.3) is 0 Å². The first kappa shape index (κ1) is 16.3. The molecular formula is C12H15N3O6. The van der Waals surface area contributed by atoms with E-state index in [-0.39, 0.29) is 18.5 Å². The molecule has 0 fully saturated rings. The summed E-state index contributed by atoms with van der Waals surface area (Å²) in [5.41, 5.74) is -2.79. The number of hydrogen-bond acceptors (Lipinski definition) is 6. The molecule has 0 amide bonds. The van der Waals surface area contributed by atoms with E-state index in [1.807, 2.05) is 0 Å². The largest absolute Gasteiger partial charge is 0.474 e. The van der Waals surface area contributed by atoms with Crippen LogP contribution in [0.5, 0.6) is 0 Å². The number of aliphatic carboxylic acids is 1. The zero-order valence-electron chi connectivity index (χ0n) is 11.3. The molecule has 0 spiro atoms. The Morgan fingerprint density at radius 1 is 1.33 bits per heavy atom. The first-order chi connectivity index (χ1) is 9.86. The smallest absolute Gasteiger partial charge is 0.456 e. The zero-order chi connectivity index (χ0) is 16.0. The molecule has 9 heteroatoms. The fourth-order valence-electron chi connectivity index (χ4n) is 2.01. The summed E-state index contributed by atoms with van der Waals surface area (Å²) in [6, 6.07) is 5.63. The third kappa shape index (κ3) is 3.25. The highest BCUT2D eigenvalue weighted by Crippen LogP contribution is 2.25. The molecule has 0 aromatic heterocycles. The van der Waals surface area contributed by atoms with Gasteiger partial charge in [0.2, 0.25) is 0 Å². The average Bonchev–Trinajstić information content (AvgIpc) is 2.42. The third-order valence-corrected chi connectivity index (χ3v) is 3.02. The molecule has 0 saturated heterocycles. The SMILES string of the molecule is CCCC([N+](=O)[O-])C(Nc1ccccc1)(C(=O)O)[N+](=O)[O-]. The molecule has 0 aliphatic carbocycles. The van der Waals surface area contributed by atoms with Crippen molar-refractivity contribution in [3.05, 3.63) is 50.6 Å². The maximum atomic E-state index is 11.5. The highest BCUT2D eigenvalue weighted by atomic mass is 16.7. The van der Waals surface area contributed by atoms with E-state index >= 15 is 0 Å². The van der Waals surface area contributed by atoms with Crippen molar-refractivity contribution < 1.29 is 19.7 Å². The van der Waals surface area contributed by atoms with Gasteiger partial charge in [0, 0.05) is 17.0 Å². The van der Waals surface area contributed by atoms with Crippen molar-refractivity contribution in [2.24, 2.45) is 0 Å². The van der Waals surface area contributed by atoms with Crippen molar-refractivity contribution in [1.29, 1.82) is 0 Å². The van der Waals surface area contributed by atoms with E-state index in [4.69, 9.17) is 0 Å². The summed E-state index contributed by atoms with van der Waals surface area (Å²) in [4.78, 5) is 31.9. The number of nitrogens with zero attached hydrogens (tertiary/aromatic N) is 2. The van der Waals surface area contributed by atoms with Crippen LogP contribution in [0.1, 0.15) is 19.8 Å². The van der Waals surface area contributed by atoms with E-state index in [1.165, 1.54) is 24.3 Å². The Morgan fingerprint density at radius 3 is 2.29 bits per heavy atom. The summed E-state index contributed by atoms with van der Waals surface area (Å²) >= 11 is 0. The second-order valence-corrected chi connectivity index (χ2v) is 4.41. The molecule has 21 heavy (non-hydrogen) atoms. The Hall–Kier alpha value is -2.71. The van der Waals surface area contributed by atoms with Crippen molar-refractivity contribution in [1.82, 2.24) is 0 Å². The van der Waals surface area contributed by atoms with Gasteiger partial charge in [0.1, 0.15) is 0 Å². The lowest BCUT2D eigenvalue weighted by Gasteiger charge is -2.25. The highest BCUT2D eigenvalue weighted by molar-refractivity contribution is 5.81. The number of rotatable bonds is 8. The van der Waals surface area contributed by atoms with Gasteiger partial charge in [-0.1, -0.05) is 25.1 Å². The van der Waals surface area contributed by atoms with Crippen LogP contribution in [0, 0.1) is 20.2 Å². The summed E-state index contributed by atoms with van der Waals surface area (Å²) in [5, 5.41) is 34.0. The quantitative estimate of drug-likeness (QED) is 0.422. The molecule has 2 unspecified atom stereocenters. The summed E-state index contributed by atoms with van der Waals surface area (Å²) in [6.45, 7) is 1.59. The second kappa shape index (κ2) is 6.64. The molecule has 9 nitrogen and oxygen atoms in total. The lowest BCUT2D eigenvalue weighted by atomic mass is 9.96. The molecule has 0 bridgehead atoms. The number of hydrogen-bond donors (Lipinski definition) is 2. The Bertz CT molecular complexity index is 519. The number of carboxylic acids is 1. The number of nitrogens with one attached hydrogen (secondary N) is 1. The van der Waals surface area contributed by atoms with Crippen molar-refractivity contribution in [3.8, 4) is 0 Å². The summed E-state index contributed by atoms with van der Waals surface area (Å²) in [5.74, 6) is -1.90. The fraction of sp³-hybridized carbons (Fsp3) is 0.417. The summed E-state index contributed by atoms with van der Waals surface area (Å²) in [7, 11) is 0. The van der Waals surface area contributed by atoms with E-state index in [1.54, 1.807) is 13.0 Å². The maximum absolute atomic E-state index is 11.5. The molecule has 0 radical (unpaired) electrons. The van der Waals surface area contributed by atoms with Crippen molar-refractivity contribution in [3.63, 3.8) is 0 Å². The van der Waals surface area contributed by atoms with Gasteiger partial charge in [-0.05, 0) is 18.6 Å². The third-order valence-electron chi connectivity index (χ3n) is 3.02. The summed E-state index contributed by atoms with van der Waals surface area (Å²) in [6.07, 6.45) is 0.00506. The van der Waals surface area contributed by atoms with Crippen LogP contribution >= 0.6 is 0 Å². The lowest BCUT2D eigenvalue weighted by Crippen LogP contribution is -2.63. The number of carboxylic acid groups (broad SMARTS) is 1. The van der Waals surface area contributed by atoms with Crippen LogP contribution in [-0.4, -0.2) is 32.6 Å². The van der Waals surface area contributed by atoms with Gasteiger partial charge in [-0.2, -0.15) is 0 Å². The molecule has 0 aliphatic heterocycles. The Morgan fingerprint density at radius 2 is 1.90 bits per heavy atom. The van der Waals surface area contributed by atoms with Crippen LogP contribution < -0.4 is 5.32 Å². The zero-order valence-corrected chi connectivity index (χ0v) is 11.3. The molecular weight excluding hydrogens is 282 g/mol. The Kier molecular flexibility index (Phi) is 5.17. The lowest BCUT2D eigenvalue weighted by molar-refractivity contribution is -0.635. The molecule has 0 saturated carbocycles. The van der Waals surface area contributed by atoms with Crippen molar-refractivity contribution in [2.45, 2.75) is 31.5 Å². The van der Waals surface area contributed by atoms with Crippen LogP contribution in [0.15, 0.2) is 30.3 Å². The standard InChI is InChI=1S/C12H15N3O6/c1-2-6-10(14(18)19)12(11(16)17,15(20)21)13-9-7-4-3-5-8-9/h3-5,7-8,10,13H,2,6H2,1H3,(H,16,17). The van der Waals surface area contributed by atoms with Gasteiger partial charge in [0.05, 0.1) is 4.92 Å². The molecule has 114 valence electrons. The number of benzene rings is 1. The van der Waals surface area contributed by atoms with Gasteiger partial charge in [0.15, 0.2) is 0 Å². The van der Waals surface area contributed by atoms with Gasteiger partial charge in [-0.15, -0.1) is 0 Å². The van der Waals surface area contributed by atoms with E-state index in [0.717, 1.165) is 0 Å². The predicted molar refractivity (Wildman–Crippen MR) is 73.1 cm³/mol. The topological polar surface area (TPSA) is 136 Å². The number of carbonyl (C=O) groups is 1. The number of para-hydroxylation sites is 1. The summed E-state index contributed by atoms with van der Waals surface area (Å²) < 4.78 is 0. The molecule has 0 heterocycles. The minimum absolute atomic E-state index is 0.125. The van der Waals surface area contributed by atoms with Crippen molar-refractivity contribution >= 4 is 11.7 Å². The number of anilines is 1. The van der Waals surface area contributed by atoms with E-state index in [9.17, 15) is 30.1 Å². The van der Waals surface area contributed by atoms with E-state index in [2.05, 4.69) is 5.32 Å². The minimum Gasteiger partial charge on any atom is -0.474 e. The minimum atomic E-state index is -2.92. The normalized spacial score (nSPS) is 14.7. The molecule has 2 atom stereocenters. The predicted octanol–water partition coefficient (Wildman–Crippen LogP) is 1.60. The van der Waals surface area contributed by atoms with Crippen LogP contribution in [-0.2, 0) is 4.79 Å². The van der Waals surface area contributed by atoms with Crippen LogP contribution in [0.4, 0.5) is 5.69 Å². The van der Waals surface area contributed by atoms with Gasteiger partial charge in [-0.25, -0.2) is 4.79 Å². The Labute approximate surface area is 119 Å². The van der Waals surface area contributed by atoms with E-state index < -0.39 is 27.5 Å². The van der Waals surface area contributed by atoms with Crippen LogP contribution in [0.3, 0.4) is 0 Å². The van der Waals surface area contributed by atoms with Gasteiger partial charge < -0.3 is 10.4 Å². The maximum Gasteiger partial charge on any atom is 0.456 e. The van der Waals surface area contributed by atoms with Crippen LogP contribution in [0.25, 0.3) is 0 Å². The molecule has 0 aliphatic rings. The number of nitro groups is 2. The Balaban J connectivity index is 3.36. The fourth-order valence-corrected chi connectivity index (χ4v) is 2.01. The van der Waals surface area contributed by atoms with Gasteiger partial charge >= 0.3 is 17.7 Å². The first-order valence-corrected chi connectivity index (χ1v) is 6.20. The molecule has 2 N–H and O–H groups in total.